The second kappa shape index (κ2) is 14.0. The Morgan fingerprint density at radius 2 is 0.933 bits per heavy atom. The van der Waals surface area contributed by atoms with Crippen LogP contribution < -0.4 is 21.3 Å². The van der Waals surface area contributed by atoms with Gasteiger partial charge in [0.15, 0.2) is 10.3 Å². The van der Waals surface area contributed by atoms with E-state index in [0.717, 1.165) is 23.4 Å². The van der Waals surface area contributed by atoms with Crippen LogP contribution in [-0.2, 0) is 0 Å². The molecule has 0 atom stereocenters. The number of rotatable bonds is 10. The molecule has 0 radical (unpaired) electrons. The van der Waals surface area contributed by atoms with E-state index in [-0.39, 0.29) is 0 Å². The number of nitrogens with zero attached hydrogens (tertiary/aromatic N) is 6. The van der Waals surface area contributed by atoms with Gasteiger partial charge in [-0.3, -0.25) is 0 Å². The van der Waals surface area contributed by atoms with Crippen molar-refractivity contribution in [2.45, 2.75) is 63.9 Å². The van der Waals surface area contributed by atoms with E-state index in [4.69, 9.17) is 0 Å². The summed E-state index contributed by atoms with van der Waals surface area (Å²) in [5, 5.41) is 13.9. The Morgan fingerprint density at radius 3 is 1.23 bits per heavy atom. The lowest BCUT2D eigenvalue weighted by Gasteiger charge is -2.12. The molecule has 0 aliphatic rings. The fraction of sp³-hybridized carbons (Fsp3) is 0.667. The Kier molecular flexibility index (Phi) is 12.1. The van der Waals surface area contributed by atoms with Crippen molar-refractivity contribution in [3.63, 3.8) is 0 Å². The molecule has 2 aromatic heterocycles. The highest BCUT2D eigenvalue weighted by molar-refractivity contribution is 7.98. The van der Waals surface area contributed by atoms with E-state index >= 15 is 0 Å². The maximum absolute atomic E-state index is 4.30. The van der Waals surface area contributed by atoms with Crippen LogP contribution in [0.4, 0.5) is 23.8 Å². The summed E-state index contributed by atoms with van der Waals surface area (Å²) < 4.78 is 0. The van der Waals surface area contributed by atoms with Crippen LogP contribution >= 0.6 is 23.5 Å². The van der Waals surface area contributed by atoms with E-state index < -0.39 is 0 Å². The first kappa shape index (κ1) is 26.0. The summed E-state index contributed by atoms with van der Waals surface area (Å²) in [6.45, 7) is 13.9. The number of thioether (sulfide) groups is 2. The first-order valence-electron chi connectivity index (χ1n) is 9.92. The maximum atomic E-state index is 4.30. The lowest BCUT2D eigenvalue weighted by atomic mass is 10.4. The highest BCUT2D eigenvalue weighted by atomic mass is 32.2. The van der Waals surface area contributed by atoms with Gasteiger partial charge in [0.2, 0.25) is 23.8 Å². The largest absolute Gasteiger partial charge is 0.354 e. The Labute approximate surface area is 188 Å². The maximum Gasteiger partial charge on any atom is 0.228 e. The van der Waals surface area contributed by atoms with Crippen LogP contribution in [0.5, 0.6) is 0 Å². The van der Waals surface area contributed by atoms with E-state index in [1.807, 2.05) is 26.4 Å². The van der Waals surface area contributed by atoms with Gasteiger partial charge in [0.25, 0.3) is 0 Å². The van der Waals surface area contributed by atoms with E-state index in [9.17, 15) is 0 Å². The van der Waals surface area contributed by atoms with Crippen LogP contribution in [0, 0.1) is 0 Å². The first-order valence-corrected chi connectivity index (χ1v) is 12.4. The molecule has 10 nitrogen and oxygen atoms in total. The van der Waals surface area contributed by atoms with Crippen molar-refractivity contribution >= 4 is 47.3 Å². The van der Waals surface area contributed by atoms with Gasteiger partial charge in [-0.2, -0.15) is 29.9 Å². The quantitative estimate of drug-likeness (QED) is 0.391. The second-order valence-corrected chi connectivity index (χ2v) is 8.14. The molecule has 0 bridgehead atoms. The summed E-state index contributed by atoms with van der Waals surface area (Å²) in [6, 6.07) is 0.619. The Balaban J connectivity index is 0.000000303. The van der Waals surface area contributed by atoms with Gasteiger partial charge in [0, 0.05) is 25.2 Å². The van der Waals surface area contributed by atoms with Crippen LogP contribution in [-0.4, -0.2) is 67.6 Å². The Hall–Kier alpha value is -2.08. The summed E-state index contributed by atoms with van der Waals surface area (Å²) in [6.07, 6.45) is 3.90. The number of anilines is 4. The van der Waals surface area contributed by atoms with E-state index in [2.05, 4.69) is 78.9 Å². The van der Waals surface area contributed by atoms with Crippen LogP contribution in [0.15, 0.2) is 10.3 Å². The minimum absolute atomic E-state index is 0.309. The number of hydrogen-bond donors (Lipinski definition) is 4. The zero-order valence-electron chi connectivity index (χ0n) is 19.1. The van der Waals surface area contributed by atoms with Gasteiger partial charge < -0.3 is 21.3 Å². The summed E-state index contributed by atoms with van der Waals surface area (Å²) in [5.41, 5.74) is 0. The van der Waals surface area contributed by atoms with Gasteiger partial charge in [-0.05, 0) is 54.1 Å². The molecule has 0 fully saturated rings. The fourth-order valence-electron chi connectivity index (χ4n) is 2.02. The van der Waals surface area contributed by atoms with Gasteiger partial charge in [-0.1, -0.05) is 23.5 Å². The Morgan fingerprint density at radius 1 is 0.600 bits per heavy atom. The smallest absolute Gasteiger partial charge is 0.228 e. The molecule has 2 aromatic rings. The molecule has 0 saturated carbocycles. The monoisotopic (exact) mass is 454 g/mol. The molecule has 0 aromatic carbocycles. The van der Waals surface area contributed by atoms with Gasteiger partial charge >= 0.3 is 0 Å². The van der Waals surface area contributed by atoms with Gasteiger partial charge in [-0.25, -0.2) is 0 Å². The molecular formula is C18H34N10S2. The molecule has 4 N–H and O–H groups in total. The molecule has 0 aliphatic heterocycles. The molecule has 0 amide bonds. The van der Waals surface area contributed by atoms with Crippen LogP contribution in [0.1, 0.15) is 41.5 Å². The second-order valence-electron chi connectivity index (χ2n) is 6.60. The normalized spacial score (nSPS) is 10.5. The van der Waals surface area contributed by atoms with Crippen molar-refractivity contribution in [2.75, 3.05) is 46.9 Å². The molecule has 0 unspecified atom stereocenters. The fourth-order valence-corrected chi connectivity index (χ4v) is 2.73. The van der Waals surface area contributed by atoms with Crippen molar-refractivity contribution in [3.05, 3.63) is 0 Å². The topological polar surface area (TPSA) is 125 Å². The molecule has 0 spiro atoms. The molecule has 30 heavy (non-hydrogen) atoms. The standard InChI is InChI=1S/C10H19N5S.C8H15N5S/c1-6(2)11-8-13-9(12-7(3)4)15-10(14-8)16-5;1-4-9-6-11-7(10-5-2)13-8(12-6)14-3/h6-7H,1-5H3,(H2,11,12,13,14,15);4-5H2,1-3H3,(H2,9,10,11,12,13). The minimum Gasteiger partial charge on any atom is -0.354 e. The van der Waals surface area contributed by atoms with Gasteiger partial charge in [-0.15, -0.1) is 0 Å². The average molecular weight is 455 g/mol. The van der Waals surface area contributed by atoms with Crippen molar-refractivity contribution in [2.24, 2.45) is 0 Å². The molecule has 2 heterocycles. The first-order chi connectivity index (χ1) is 14.3. The predicted octanol–water partition coefficient (Wildman–Crippen LogP) is 3.69. The summed E-state index contributed by atoms with van der Waals surface area (Å²) in [5.74, 6) is 2.50. The van der Waals surface area contributed by atoms with E-state index in [1.54, 1.807) is 0 Å². The summed E-state index contributed by atoms with van der Waals surface area (Å²) >= 11 is 3.02. The molecule has 168 valence electrons. The molecule has 0 saturated heterocycles. The third kappa shape index (κ3) is 10.1. The molecule has 2 rings (SSSR count). The molecular weight excluding hydrogens is 420 g/mol. The van der Waals surface area contributed by atoms with Crippen LogP contribution in [0.25, 0.3) is 0 Å². The average Bonchev–Trinajstić information content (AvgIpc) is 2.67. The van der Waals surface area contributed by atoms with E-state index in [1.165, 1.54) is 23.5 Å². The van der Waals surface area contributed by atoms with E-state index in [0.29, 0.717) is 35.9 Å². The van der Waals surface area contributed by atoms with Crippen LogP contribution in [0.2, 0.25) is 0 Å². The van der Waals surface area contributed by atoms with Crippen molar-refractivity contribution < 1.29 is 0 Å². The third-order valence-electron chi connectivity index (χ3n) is 3.10. The predicted molar refractivity (Wildman–Crippen MR) is 129 cm³/mol. The summed E-state index contributed by atoms with van der Waals surface area (Å²) in [7, 11) is 0. The van der Waals surface area contributed by atoms with Crippen molar-refractivity contribution in [3.8, 4) is 0 Å². The highest BCUT2D eigenvalue weighted by Crippen LogP contribution is 2.15. The minimum atomic E-state index is 0.309. The highest BCUT2D eigenvalue weighted by Gasteiger charge is 2.07. The lowest BCUT2D eigenvalue weighted by Crippen LogP contribution is -2.17. The SMILES string of the molecule is CCNc1nc(NCC)nc(SC)n1.CSc1nc(NC(C)C)nc(NC(C)C)n1. The molecule has 0 aliphatic carbocycles. The van der Waals surface area contributed by atoms with Crippen molar-refractivity contribution in [1.29, 1.82) is 0 Å². The zero-order chi connectivity index (χ0) is 22.5. The van der Waals surface area contributed by atoms with Crippen molar-refractivity contribution in [1.82, 2.24) is 29.9 Å². The van der Waals surface area contributed by atoms with Gasteiger partial charge in [0.1, 0.15) is 0 Å². The zero-order valence-corrected chi connectivity index (χ0v) is 20.7. The third-order valence-corrected chi connectivity index (χ3v) is 4.20. The lowest BCUT2D eigenvalue weighted by molar-refractivity contribution is 0.813. The number of nitrogens with one attached hydrogen (secondary N) is 4. The number of aromatic nitrogens is 6. The summed E-state index contributed by atoms with van der Waals surface area (Å²) in [4.78, 5) is 25.5. The number of hydrogen-bond acceptors (Lipinski definition) is 12. The molecule has 12 heteroatoms. The van der Waals surface area contributed by atoms with Gasteiger partial charge in [0.05, 0.1) is 0 Å². The van der Waals surface area contributed by atoms with Crippen LogP contribution in [0.3, 0.4) is 0 Å². The Bertz CT molecular complexity index is 705.